The van der Waals surface area contributed by atoms with Gasteiger partial charge in [-0.1, -0.05) is 35.9 Å². The molecule has 0 saturated heterocycles. The fraction of sp³-hybridized carbons (Fsp3) is 0.133. The van der Waals surface area contributed by atoms with Crippen LogP contribution >= 0.6 is 23.4 Å². The van der Waals surface area contributed by atoms with Crippen LogP contribution in [0.1, 0.15) is 15.9 Å². The molecule has 0 unspecified atom stereocenters. The highest BCUT2D eigenvalue weighted by molar-refractivity contribution is 7.98. The lowest BCUT2D eigenvalue weighted by Gasteiger charge is -2.05. The van der Waals surface area contributed by atoms with Gasteiger partial charge in [0.15, 0.2) is 0 Å². The minimum atomic E-state index is -0.315. The van der Waals surface area contributed by atoms with Gasteiger partial charge >= 0.3 is 5.97 Å². The van der Waals surface area contributed by atoms with Crippen molar-refractivity contribution < 1.29 is 9.53 Å². The van der Waals surface area contributed by atoms with Crippen molar-refractivity contribution in [2.75, 3.05) is 7.11 Å². The molecule has 2 aromatic rings. The Hall–Kier alpha value is -1.45. The molecule has 2 aromatic carbocycles. The van der Waals surface area contributed by atoms with E-state index in [0.29, 0.717) is 5.56 Å². The number of benzene rings is 2. The minimum absolute atomic E-state index is 0.315. The summed E-state index contributed by atoms with van der Waals surface area (Å²) in [5, 5.41) is 0.763. The van der Waals surface area contributed by atoms with Crippen LogP contribution in [0.4, 0.5) is 0 Å². The number of methoxy groups -OCH3 is 1. The molecule has 0 aliphatic carbocycles. The van der Waals surface area contributed by atoms with E-state index in [1.165, 1.54) is 7.11 Å². The first-order valence-corrected chi connectivity index (χ1v) is 7.11. The topological polar surface area (TPSA) is 26.3 Å². The summed E-state index contributed by atoms with van der Waals surface area (Å²) < 4.78 is 4.66. The van der Waals surface area contributed by atoms with Crippen LogP contribution < -0.4 is 0 Å². The summed E-state index contributed by atoms with van der Waals surface area (Å²) in [6, 6.07) is 15.2. The lowest BCUT2D eigenvalue weighted by atomic mass is 10.1. The summed E-state index contributed by atoms with van der Waals surface area (Å²) in [5.41, 5.74) is 1.70. The first-order valence-electron chi connectivity index (χ1n) is 5.75. The van der Waals surface area contributed by atoms with E-state index in [4.69, 9.17) is 11.6 Å². The van der Waals surface area contributed by atoms with Crippen molar-refractivity contribution in [3.05, 3.63) is 64.7 Å². The molecule has 0 aromatic heterocycles. The van der Waals surface area contributed by atoms with Gasteiger partial charge in [0.1, 0.15) is 0 Å². The number of carbonyl (C=O) groups excluding carboxylic acids is 1. The van der Waals surface area contributed by atoms with E-state index in [0.717, 1.165) is 21.2 Å². The van der Waals surface area contributed by atoms with Crippen LogP contribution in [0.5, 0.6) is 0 Å². The minimum Gasteiger partial charge on any atom is -0.465 e. The maximum absolute atomic E-state index is 11.3. The third-order valence-electron chi connectivity index (χ3n) is 2.61. The molecular formula is C15H13ClO2S. The predicted octanol–water partition coefficient (Wildman–Crippen LogP) is 4.42. The fourth-order valence-electron chi connectivity index (χ4n) is 1.58. The Bertz CT molecular complexity index is 567. The summed E-state index contributed by atoms with van der Waals surface area (Å²) in [6.45, 7) is 0. The van der Waals surface area contributed by atoms with Gasteiger partial charge in [-0.05, 0) is 29.8 Å². The molecule has 0 radical (unpaired) electrons. The lowest BCUT2D eigenvalue weighted by Crippen LogP contribution is -2.00. The number of hydrogen-bond donors (Lipinski definition) is 0. The van der Waals surface area contributed by atoms with Crippen LogP contribution in [-0.4, -0.2) is 13.1 Å². The smallest absolute Gasteiger partial charge is 0.337 e. The number of carbonyl (C=O) groups is 1. The quantitative estimate of drug-likeness (QED) is 0.616. The second kappa shape index (κ2) is 6.64. The number of thioether (sulfide) groups is 1. The van der Waals surface area contributed by atoms with Crippen LogP contribution in [0.2, 0.25) is 5.02 Å². The average Bonchev–Trinajstić information content (AvgIpc) is 2.46. The Morgan fingerprint density at radius 1 is 1.16 bits per heavy atom. The molecule has 0 heterocycles. The van der Waals surface area contributed by atoms with Gasteiger partial charge in [0.05, 0.1) is 17.7 Å². The third kappa shape index (κ3) is 3.75. The molecule has 0 spiro atoms. The Labute approximate surface area is 121 Å². The Kier molecular flexibility index (Phi) is 4.88. The summed E-state index contributed by atoms with van der Waals surface area (Å²) in [5.74, 6) is 0.496. The zero-order valence-corrected chi connectivity index (χ0v) is 12.0. The van der Waals surface area contributed by atoms with Gasteiger partial charge in [-0.2, -0.15) is 0 Å². The molecule has 0 bridgehead atoms. The molecule has 0 fully saturated rings. The summed E-state index contributed by atoms with van der Waals surface area (Å²) >= 11 is 7.77. The normalized spacial score (nSPS) is 10.2. The second-order valence-corrected chi connectivity index (χ2v) is 5.33. The largest absolute Gasteiger partial charge is 0.465 e. The highest BCUT2D eigenvalue weighted by atomic mass is 35.5. The zero-order chi connectivity index (χ0) is 13.7. The van der Waals surface area contributed by atoms with Gasteiger partial charge in [-0.3, -0.25) is 0 Å². The predicted molar refractivity (Wildman–Crippen MR) is 78.8 cm³/mol. The van der Waals surface area contributed by atoms with E-state index in [-0.39, 0.29) is 5.97 Å². The van der Waals surface area contributed by atoms with Crippen molar-refractivity contribution in [1.29, 1.82) is 0 Å². The standard InChI is InChI=1S/C15H13ClO2S/c1-18-15(17)12-8-6-11(7-9-12)10-19-14-5-3-2-4-13(14)16/h2-9H,10H2,1H3. The molecule has 98 valence electrons. The summed E-state index contributed by atoms with van der Waals surface area (Å²) in [7, 11) is 1.38. The number of esters is 1. The zero-order valence-electron chi connectivity index (χ0n) is 10.4. The molecule has 0 aliphatic heterocycles. The molecule has 2 rings (SSSR count). The van der Waals surface area contributed by atoms with E-state index in [2.05, 4.69) is 4.74 Å². The van der Waals surface area contributed by atoms with E-state index in [9.17, 15) is 4.79 Å². The van der Waals surface area contributed by atoms with Crippen LogP contribution in [0.25, 0.3) is 0 Å². The van der Waals surface area contributed by atoms with Crippen molar-refractivity contribution in [3.63, 3.8) is 0 Å². The third-order valence-corrected chi connectivity index (χ3v) is 4.19. The van der Waals surface area contributed by atoms with E-state index < -0.39 is 0 Å². The number of ether oxygens (including phenoxy) is 1. The van der Waals surface area contributed by atoms with Gasteiger partial charge in [-0.25, -0.2) is 4.79 Å². The molecule has 0 saturated carbocycles. The molecule has 0 aliphatic rings. The van der Waals surface area contributed by atoms with Crippen LogP contribution in [0, 0.1) is 0 Å². The van der Waals surface area contributed by atoms with Gasteiger partial charge in [-0.15, -0.1) is 11.8 Å². The molecule has 4 heteroatoms. The maximum atomic E-state index is 11.3. The lowest BCUT2D eigenvalue weighted by molar-refractivity contribution is 0.0601. The van der Waals surface area contributed by atoms with Crippen molar-refractivity contribution >= 4 is 29.3 Å². The van der Waals surface area contributed by atoms with E-state index in [1.807, 2.05) is 36.4 Å². The molecule has 0 N–H and O–H groups in total. The summed E-state index contributed by atoms with van der Waals surface area (Å²) in [4.78, 5) is 12.4. The van der Waals surface area contributed by atoms with Gasteiger partial charge in [0.25, 0.3) is 0 Å². The molecular weight excluding hydrogens is 280 g/mol. The van der Waals surface area contributed by atoms with Crippen LogP contribution in [0.15, 0.2) is 53.4 Å². The first kappa shape index (κ1) is 14.0. The fourth-order valence-corrected chi connectivity index (χ4v) is 2.77. The van der Waals surface area contributed by atoms with Crippen molar-refractivity contribution in [3.8, 4) is 0 Å². The first-order chi connectivity index (χ1) is 9.20. The Morgan fingerprint density at radius 2 is 1.84 bits per heavy atom. The van der Waals surface area contributed by atoms with Crippen LogP contribution in [-0.2, 0) is 10.5 Å². The van der Waals surface area contributed by atoms with Gasteiger partial charge in [0.2, 0.25) is 0 Å². The highest BCUT2D eigenvalue weighted by Gasteiger charge is 2.05. The maximum Gasteiger partial charge on any atom is 0.337 e. The number of rotatable bonds is 4. The van der Waals surface area contributed by atoms with Gasteiger partial charge in [0, 0.05) is 10.6 Å². The SMILES string of the molecule is COC(=O)c1ccc(CSc2ccccc2Cl)cc1. The Balaban J connectivity index is 2.01. The van der Waals surface area contributed by atoms with Crippen molar-refractivity contribution in [2.24, 2.45) is 0 Å². The number of halogens is 1. The van der Waals surface area contributed by atoms with Crippen molar-refractivity contribution in [2.45, 2.75) is 10.6 Å². The second-order valence-electron chi connectivity index (χ2n) is 3.91. The number of hydrogen-bond acceptors (Lipinski definition) is 3. The molecule has 2 nitrogen and oxygen atoms in total. The monoisotopic (exact) mass is 292 g/mol. The van der Waals surface area contributed by atoms with Crippen LogP contribution in [0.3, 0.4) is 0 Å². The molecule has 0 amide bonds. The molecule has 0 atom stereocenters. The van der Waals surface area contributed by atoms with Crippen molar-refractivity contribution in [1.82, 2.24) is 0 Å². The highest BCUT2D eigenvalue weighted by Crippen LogP contribution is 2.29. The Morgan fingerprint density at radius 3 is 2.47 bits per heavy atom. The van der Waals surface area contributed by atoms with E-state index in [1.54, 1.807) is 23.9 Å². The van der Waals surface area contributed by atoms with E-state index >= 15 is 0 Å². The average molecular weight is 293 g/mol. The molecule has 19 heavy (non-hydrogen) atoms. The van der Waals surface area contributed by atoms with Gasteiger partial charge < -0.3 is 4.74 Å². The summed E-state index contributed by atoms with van der Waals surface area (Å²) in [6.07, 6.45) is 0.